The zero-order valence-electron chi connectivity index (χ0n) is 18.1. The molecule has 1 spiro atoms. The molecule has 2 aliphatic heterocycles. The Hall–Kier alpha value is -3.57. The number of anilines is 1. The lowest BCUT2D eigenvalue weighted by molar-refractivity contribution is 0.0367. The number of aliphatic imine (C=N–C) groups is 1. The van der Waals surface area contributed by atoms with Gasteiger partial charge in [-0.15, -0.1) is 0 Å². The summed E-state index contributed by atoms with van der Waals surface area (Å²) in [6.07, 6.45) is 8.17. The molecular formula is C24H25ClN6O2. The molecule has 2 aromatic rings. The maximum Gasteiger partial charge on any atom is 0.407 e. The Labute approximate surface area is 197 Å². The minimum absolute atomic E-state index is 0.341. The molecule has 0 radical (unpaired) electrons. The third kappa shape index (κ3) is 4.94. The van der Waals surface area contributed by atoms with Gasteiger partial charge in [-0.25, -0.2) is 4.79 Å². The molecule has 9 heteroatoms. The number of nitrogens with one attached hydrogen (secondary N) is 1. The normalized spacial score (nSPS) is 17.8. The first-order valence-electron chi connectivity index (χ1n) is 10.8. The van der Waals surface area contributed by atoms with E-state index in [1.165, 1.54) is 6.20 Å². The van der Waals surface area contributed by atoms with Gasteiger partial charge in [-0.05, 0) is 11.1 Å². The van der Waals surface area contributed by atoms with E-state index in [-0.39, 0.29) is 6.09 Å². The predicted octanol–water partition coefficient (Wildman–Crippen LogP) is 3.76. The fourth-order valence-corrected chi connectivity index (χ4v) is 4.49. The van der Waals surface area contributed by atoms with E-state index in [2.05, 4.69) is 26.3 Å². The highest BCUT2D eigenvalue weighted by Crippen LogP contribution is 2.40. The highest BCUT2D eigenvalue weighted by Gasteiger charge is 2.43. The van der Waals surface area contributed by atoms with Gasteiger partial charge in [0.2, 0.25) is 0 Å². The van der Waals surface area contributed by atoms with E-state index in [0.717, 1.165) is 53.9 Å². The number of halogens is 1. The molecule has 2 aliphatic rings. The summed E-state index contributed by atoms with van der Waals surface area (Å²) in [5, 5.41) is 12.0. The van der Waals surface area contributed by atoms with Crippen molar-refractivity contribution in [1.29, 1.82) is 5.26 Å². The van der Waals surface area contributed by atoms with Crippen LogP contribution in [-0.4, -0.2) is 49.1 Å². The second-order valence-corrected chi connectivity index (χ2v) is 8.48. The largest absolute Gasteiger partial charge is 0.441 e. The van der Waals surface area contributed by atoms with E-state index in [0.29, 0.717) is 24.5 Å². The van der Waals surface area contributed by atoms with Crippen molar-refractivity contribution in [1.82, 2.24) is 10.3 Å². The summed E-state index contributed by atoms with van der Waals surface area (Å²) in [4.78, 5) is 22.3. The summed E-state index contributed by atoms with van der Waals surface area (Å²) in [5.74, 6) is 0. The van der Waals surface area contributed by atoms with Crippen LogP contribution in [0.25, 0.3) is 16.7 Å². The van der Waals surface area contributed by atoms with E-state index < -0.39 is 5.60 Å². The first-order valence-corrected chi connectivity index (χ1v) is 11.2. The quantitative estimate of drug-likeness (QED) is 0.496. The molecule has 3 heterocycles. The lowest BCUT2D eigenvalue weighted by atomic mass is 9.91. The third-order valence-corrected chi connectivity index (χ3v) is 6.30. The van der Waals surface area contributed by atoms with Gasteiger partial charge in [0.15, 0.2) is 0 Å². The van der Waals surface area contributed by atoms with Crippen LogP contribution in [0, 0.1) is 11.3 Å². The van der Waals surface area contributed by atoms with Gasteiger partial charge in [0.25, 0.3) is 0 Å². The van der Waals surface area contributed by atoms with E-state index in [9.17, 15) is 4.79 Å². The number of aromatic nitrogens is 1. The van der Waals surface area contributed by atoms with Crippen LogP contribution in [0.2, 0.25) is 5.02 Å². The molecule has 8 nitrogen and oxygen atoms in total. The summed E-state index contributed by atoms with van der Waals surface area (Å²) >= 11 is 6.61. The summed E-state index contributed by atoms with van der Waals surface area (Å²) in [5.41, 5.74) is 9.91. The predicted molar refractivity (Wildman–Crippen MR) is 129 cm³/mol. The van der Waals surface area contributed by atoms with Crippen LogP contribution >= 0.6 is 11.6 Å². The molecule has 0 unspecified atom stereocenters. The monoisotopic (exact) mass is 464 g/mol. The van der Waals surface area contributed by atoms with Crippen molar-refractivity contribution in [3.8, 4) is 17.2 Å². The Balaban J connectivity index is 1.54. The average Bonchev–Trinajstić information content (AvgIpc) is 3.20. The Kier molecular flexibility index (Phi) is 6.80. The Morgan fingerprint density at radius 3 is 2.73 bits per heavy atom. The Bertz CT molecular complexity index is 1110. The molecule has 2 fully saturated rings. The van der Waals surface area contributed by atoms with Crippen LogP contribution in [0.1, 0.15) is 24.8 Å². The number of amides is 1. The minimum Gasteiger partial charge on any atom is -0.441 e. The van der Waals surface area contributed by atoms with E-state index >= 15 is 0 Å². The molecule has 4 rings (SSSR count). The number of piperidine rings is 1. The third-order valence-electron chi connectivity index (χ3n) is 6.02. The SMILES string of the molecule is N#CCCN=CC(=CN)c1ccc(-c2cncc(Cl)c2N2CCC3(CC2)CNC(=O)O3)cc1. The molecule has 1 amide bonds. The number of rotatable bonds is 6. The molecule has 170 valence electrons. The van der Waals surface area contributed by atoms with Crippen LogP contribution < -0.4 is 16.0 Å². The van der Waals surface area contributed by atoms with Gasteiger partial charge >= 0.3 is 6.09 Å². The molecule has 0 aliphatic carbocycles. The van der Waals surface area contributed by atoms with Gasteiger partial charge in [-0.1, -0.05) is 35.9 Å². The lowest BCUT2D eigenvalue weighted by Crippen LogP contribution is -2.46. The average molecular weight is 465 g/mol. The van der Waals surface area contributed by atoms with Crippen molar-refractivity contribution in [2.45, 2.75) is 24.9 Å². The smallest absolute Gasteiger partial charge is 0.407 e. The fourth-order valence-electron chi connectivity index (χ4n) is 4.21. The van der Waals surface area contributed by atoms with E-state index in [1.807, 2.05) is 30.5 Å². The summed E-state index contributed by atoms with van der Waals surface area (Å²) in [6, 6.07) is 10.0. The number of nitrogens with zero attached hydrogens (tertiary/aromatic N) is 4. The number of hydrogen-bond acceptors (Lipinski definition) is 7. The number of nitriles is 1. The number of hydrogen-bond donors (Lipinski definition) is 2. The van der Waals surface area contributed by atoms with Gasteiger partial charge in [-0.3, -0.25) is 9.98 Å². The molecule has 33 heavy (non-hydrogen) atoms. The van der Waals surface area contributed by atoms with Crippen molar-refractivity contribution in [3.63, 3.8) is 0 Å². The van der Waals surface area contributed by atoms with Crippen LogP contribution in [0.5, 0.6) is 0 Å². The van der Waals surface area contributed by atoms with Crippen LogP contribution in [-0.2, 0) is 4.74 Å². The number of allylic oxidation sites excluding steroid dienone is 1. The number of ether oxygens (including phenoxy) is 1. The Morgan fingerprint density at radius 1 is 1.33 bits per heavy atom. The molecule has 0 atom stereocenters. The first kappa shape index (κ1) is 22.6. The molecule has 2 saturated heterocycles. The molecule has 3 N–H and O–H groups in total. The maximum absolute atomic E-state index is 11.5. The second kappa shape index (κ2) is 9.92. The molecule has 1 aromatic heterocycles. The lowest BCUT2D eigenvalue weighted by Gasteiger charge is -2.39. The number of carbonyl (C=O) groups is 1. The van der Waals surface area contributed by atoms with Crippen molar-refractivity contribution < 1.29 is 9.53 Å². The number of alkyl carbamates (subject to hydrolysis) is 1. The van der Waals surface area contributed by atoms with Crippen LogP contribution in [0.15, 0.2) is 47.9 Å². The molecule has 0 bridgehead atoms. The Morgan fingerprint density at radius 2 is 2.09 bits per heavy atom. The molecule has 1 aromatic carbocycles. The van der Waals surface area contributed by atoms with Crippen molar-refractivity contribution in [3.05, 3.63) is 53.4 Å². The number of nitrogens with two attached hydrogens (primary N) is 1. The van der Waals surface area contributed by atoms with Crippen LogP contribution in [0.4, 0.5) is 10.5 Å². The molecule has 0 saturated carbocycles. The molecular weight excluding hydrogens is 440 g/mol. The van der Waals surface area contributed by atoms with Gasteiger partial charge in [-0.2, -0.15) is 5.26 Å². The highest BCUT2D eigenvalue weighted by atomic mass is 35.5. The van der Waals surface area contributed by atoms with Crippen molar-refractivity contribution in [2.24, 2.45) is 10.7 Å². The van der Waals surface area contributed by atoms with Gasteiger partial charge in [0.05, 0.1) is 36.3 Å². The highest BCUT2D eigenvalue weighted by molar-refractivity contribution is 6.33. The fraction of sp³-hybridized carbons (Fsp3) is 0.333. The van der Waals surface area contributed by atoms with Crippen LogP contribution in [0.3, 0.4) is 0 Å². The number of carbonyl (C=O) groups excluding carboxylic acids is 1. The van der Waals surface area contributed by atoms with Gasteiger partial charge in [0, 0.05) is 61.9 Å². The maximum atomic E-state index is 11.5. The summed E-state index contributed by atoms with van der Waals surface area (Å²) in [7, 11) is 0. The summed E-state index contributed by atoms with van der Waals surface area (Å²) in [6.45, 7) is 2.44. The topological polar surface area (TPSA) is 117 Å². The first-order chi connectivity index (χ1) is 16.0. The number of pyridine rings is 1. The zero-order chi connectivity index (χ0) is 23.3. The zero-order valence-corrected chi connectivity index (χ0v) is 18.9. The second-order valence-electron chi connectivity index (χ2n) is 8.07. The number of benzene rings is 1. The van der Waals surface area contributed by atoms with E-state index in [1.54, 1.807) is 12.4 Å². The minimum atomic E-state index is -0.422. The standard InChI is InChI=1S/C24H25ClN6O2/c25-21-15-29-14-20(22(21)31-10-6-24(7-11-31)16-30-23(32)33-24)18-4-2-17(3-5-18)19(12-27)13-28-9-1-8-26/h2-5,12-15H,1,6-7,9-11,16,27H2,(H,30,32). The van der Waals surface area contributed by atoms with Gasteiger partial charge < -0.3 is 20.7 Å². The van der Waals surface area contributed by atoms with Crippen molar-refractivity contribution in [2.75, 3.05) is 31.1 Å². The van der Waals surface area contributed by atoms with Gasteiger partial charge in [0.1, 0.15) is 5.60 Å². The van der Waals surface area contributed by atoms with E-state index in [4.69, 9.17) is 27.3 Å². The van der Waals surface area contributed by atoms with Crippen molar-refractivity contribution >= 4 is 35.2 Å². The summed E-state index contributed by atoms with van der Waals surface area (Å²) < 4.78 is 5.54.